The highest BCUT2D eigenvalue weighted by molar-refractivity contribution is 5.86. The fourth-order valence-electron chi connectivity index (χ4n) is 9.25. The summed E-state index contributed by atoms with van der Waals surface area (Å²) in [6.07, 6.45) is 4.17. The summed E-state index contributed by atoms with van der Waals surface area (Å²) in [6.45, 7) is 4.47. The van der Waals surface area contributed by atoms with Crippen LogP contribution in [0.15, 0.2) is 79.3 Å². The molecular weight excluding hydrogens is 762 g/mol. The molecule has 15 heteroatoms. The van der Waals surface area contributed by atoms with E-state index in [1.54, 1.807) is 11.1 Å². The summed E-state index contributed by atoms with van der Waals surface area (Å²) < 4.78 is 43.6. The van der Waals surface area contributed by atoms with Crippen molar-refractivity contribution in [3.8, 4) is 33.6 Å². The average molecular weight is 809 g/mol. The van der Waals surface area contributed by atoms with Crippen LogP contribution in [0.4, 0.5) is 18.0 Å². The minimum absolute atomic E-state index is 0.0656. The van der Waals surface area contributed by atoms with E-state index >= 15 is 0 Å². The monoisotopic (exact) mass is 808 g/mol. The number of pyridine rings is 1. The van der Waals surface area contributed by atoms with E-state index in [-0.39, 0.29) is 48.1 Å². The third-order valence-electron chi connectivity index (χ3n) is 12.3. The van der Waals surface area contributed by atoms with Gasteiger partial charge in [0.25, 0.3) is 0 Å². The number of methoxy groups -OCH3 is 1. The Morgan fingerprint density at radius 1 is 0.814 bits per heavy atom. The molecule has 2 aromatic carbocycles. The van der Waals surface area contributed by atoms with Crippen LogP contribution in [0.1, 0.15) is 80.8 Å². The van der Waals surface area contributed by atoms with Crippen molar-refractivity contribution in [2.24, 2.45) is 23.7 Å². The summed E-state index contributed by atoms with van der Waals surface area (Å²) in [4.78, 5) is 60.7. The third kappa shape index (κ3) is 8.19. The number of rotatable bonds is 11. The number of ether oxygens (including phenoxy) is 1. The van der Waals surface area contributed by atoms with Crippen molar-refractivity contribution in [1.82, 2.24) is 40.5 Å². The number of amides is 3. The molecular formula is C44H47F3N8O4. The molecule has 2 aliphatic carbocycles. The Balaban J connectivity index is 0.905. The number of aromatic nitrogens is 5. The first-order chi connectivity index (χ1) is 28.4. The van der Waals surface area contributed by atoms with Crippen LogP contribution in [0.25, 0.3) is 33.6 Å². The molecule has 6 atom stereocenters. The lowest BCUT2D eigenvalue weighted by atomic mass is 9.78. The molecule has 2 unspecified atom stereocenters. The number of halogens is 3. The molecule has 3 aromatic heterocycles. The first-order valence-corrected chi connectivity index (χ1v) is 20.1. The molecule has 1 saturated heterocycles. The molecule has 3 amide bonds. The highest BCUT2D eigenvalue weighted by Crippen LogP contribution is 2.56. The van der Waals surface area contributed by atoms with E-state index in [9.17, 15) is 27.6 Å². The van der Waals surface area contributed by atoms with Crippen molar-refractivity contribution in [1.29, 1.82) is 0 Å². The van der Waals surface area contributed by atoms with E-state index < -0.39 is 24.0 Å². The number of H-pyrrole nitrogens is 2. The van der Waals surface area contributed by atoms with E-state index in [0.717, 1.165) is 83.8 Å². The second-order valence-electron chi connectivity index (χ2n) is 16.2. The number of carbonyl (C=O) groups excluding carboxylic acids is 3. The van der Waals surface area contributed by atoms with Crippen molar-refractivity contribution < 1.29 is 32.3 Å². The molecule has 12 nitrogen and oxygen atoms in total. The third-order valence-corrected chi connectivity index (χ3v) is 12.3. The predicted molar refractivity (Wildman–Crippen MR) is 213 cm³/mol. The molecule has 308 valence electrons. The second kappa shape index (κ2) is 16.3. The standard InChI is InChI=1S/C44H47F3N8O4/c1-24(2)38(54-43(58)59-3)42(57)55-18-4-5-34(55)39-49-22-32(52-39)28-11-7-26(8-12-28)27-9-13-29(14-10-27)33-23-50-40(53-33)36-30-15-16-31(19-30)37(36)41(56)51-21-25-6-17-35(48-20-25)44(45,46)47/h6-14,17,20,22-24,30-31,34,36-38H,4-5,15-16,18-19,21H2,1-3H3,(H,49,52)(H,50,53)(H,51,56)(H,54,58)/t30?,31?,34-,36+,37+,38-/m0/s1. The van der Waals surface area contributed by atoms with Crippen LogP contribution in [0.2, 0.25) is 0 Å². The van der Waals surface area contributed by atoms with Gasteiger partial charge in [-0.05, 0) is 83.7 Å². The van der Waals surface area contributed by atoms with E-state index in [1.807, 2.05) is 44.3 Å². The average Bonchev–Trinajstić information content (AvgIpc) is 4.10. The number of hydrogen-bond donors (Lipinski definition) is 4. The fraction of sp³-hybridized carbons (Fsp3) is 0.409. The van der Waals surface area contributed by atoms with Gasteiger partial charge < -0.3 is 30.2 Å². The maximum atomic E-state index is 13.5. The number of alkyl halides is 3. The van der Waals surface area contributed by atoms with E-state index in [1.165, 1.54) is 13.2 Å². The van der Waals surface area contributed by atoms with Crippen molar-refractivity contribution >= 4 is 17.9 Å². The Morgan fingerprint density at radius 2 is 1.42 bits per heavy atom. The van der Waals surface area contributed by atoms with E-state index in [2.05, 4.69) is 54.8 Å². The number of hydrogen-bond acceptors (Lipinski definition) is 7. The molecule has 1 aliphatic heterocycles. The number of alkyl carbamates (subject to hydrolysis) is 1. The zero-order valence-corrected chi connectivity index (χ0v) is 33.1. The molecule has 2 saturated carbocycles. The zero-order chi connectivity index (χ0) is 41.4. The van der Waals surface area contributed by atoms with Crippen LogP contribution in [0.3, 0.4) is 0 Å². The summed E-state index contributed by atoms with van der Waals surface area (Å²) in [5.74, 6) is 1.35. The smallest absolute Gasteiger partial charge is 0.433 e. The number of benzene rings is 2. The van der Waals surface area contributed by atoms with Gasteiger partial charge in [0.15, 0.2) is 0 Å². The molecule has 3 aliphatic rings. The molecule has 8 rings (SSSR count). The van der Waals surface area contributed by atoms with Crippen molar-refractivity contribution in [3.05, 3.63) is 102 Å². The number of nitrogens with one attached hydrogen (secondary N) is 4. The van der Waals surface area contributed by atoms with Gasteiger partial charge in [-0.25, -0.2) is 14.8 Å². The lowest BCUT2D eigenvalue weighted by Crippen LogP contribution is -2.51. The number of carbonyl (C=O) groups is 3. The van der Waals surface area contributed by atoms with Gasteiger partial charge in [0.05, 0.1) is 42.9 Å². The first kappa shape index (κ1) is 39.8. The van der Waals surface area contributed by atoms with Crippen molar-refractivity contribution in [3.63, 3.8) is 0 Å². The Morgan fingerprint density at radius 3 is 2.02 bits per heavy atom. The number of aromatic amines is 2. The first-order valence-electron chi connectivity index (χ1n) is 20.1. The Kier molecular flexibility index (Phi) is 11.0. The number of fused-ring (bicyclic) bond motifs is 2. The van der Waals surface area contributed by atoms with E-state index in [4.69, 9.17) is 9.72 Å². The summed E-state index contributed by atoms with van der Waals surface area (Å²) in [5, 5.41) is 5.64. The number of likely N-dealkylation sites (tertiary alicyclic amines) is 1. The molecule has 5 aromatic rings. The topological polar surface area (TPSA) is 158 Å². The quantitative estimate of drug-likeness (QED) is 0.105. The van der Waals surface area contributed by atoms with Gasteiger partial charge in [-0.3, -0.25) is 14.6 Å². The lowest BCUT2D eigenvalue weighted by Gasteiger charge is -2.30. The number of nitrogens with zero attached hydrogens (tertiary/aromatic N) is 4. The fourth-order valence-corrected chi connectivity index (χ4v) is 9.25. The number of imidazole rings is 2. The Hall–Kier alpha value is -5.99. The van der Waals surface area contributed by atoms with E-state index in [0.29, 0.717) is 23.9 Å². The maximum Gasteiger partial charge on any atom is 0.433 e. The molecule has 59 heavy (non-hydrogen) atoms. The molecule has 3 fully saturated rings. The minimum Gasteiger partial charge on any atom is -0.453 e. The SMILES string of the molecule is COC(=O)N[C@H](C(=O)N1CCC[C@H]1c1ncc(-c2ccc(-c3ccc(-c4cnc([C@@H]5C6CCC(C6)[C@H]5C(=O)NCc5ccc(C(F)(F)F)nc5)[nH]4)cc3)cc2)[nH]1)C(C)C. The normalized spacial score (nSPS) is 21.8. The summed E-state index contributed by atoms with van der Waals surface area (Å²) >= 11 is 0. The van der Waals surface area contributed by atoms with Gasteiger partial charge in [-0.15, -0.1) is 0 Å². The van der Waals surface area contributed by atoms with Gasteiger partial charge in [-0.1, -0.05) is 68.4 Å². The summed E-state index contributed by atoms with van der Waals surface area (Å²) in [7, 11) is 1.28. The second-order valence-corrected chi connectivity index (χ2v) is 16.2. The van der Waals surface area contributed by atoms with Gasteiger partial charge in [-0.2, -0.15) is 13.2 Å². The maximum absolute atomic E-state index is 13.5. The van der Waals surface area contributed by atoms with Crippen LogP contribution < -0.4 is 10.6 Å². The van der Waals surface area contributed by atoms with Crippen LogP contribution in [-0.2, 0) is 27.0 Å². The Bertz CT molecular complexity index is 2290. The lowest BCUT2D eigenvalue weighted by molar-refractivity contribution is -0.141. The summed E-state index contributed by atoms with van der Waals surface area (Å²) in [5.41, 5.74) is 5.26. The molecule has 4 heterocycles. The van der Waals surface area contributed by atoms with Crippen molar-refractivity contribution in [2.45, 2.75) is 76.7 Å². The zero-order valence-electron chi connectivity index (χ0n) is 33.1. The predicted octanol–water partition coefficient (Wildman–Crippen LogP) is 8.04. The molecule has 2 bridgehead atoms. The molecule has 0 radical (unpaired) electrons. The van der Waals surface area contributed by atoms with Crippen LogP contribution in [-0.4, -0.2) is 67.4 Å². The van der Waals surface area contributed by atoms with Gasteiger partial charge in [0.2, 0.25) is 11.8 Å². The molecule has 0 spiro atoms. The summed E-state index contributed by atoms with van der Waals surface area (Å²) in [6, 6.07) is 17.8. The minimum atomic E-state index is -4.51. The van der Waals surface area contributed by atoms with Crippen LogP contribution in [0, 0.1) is 23.7 Å². The van der Waals surface area contributed by atoms with Crippen LogP contribution >= 0.6 is 0 Å². The van der Waals surface area contributed by atoms with Gasteiger partial charge in [0.1, 0.15) is 23.4 Å². The largest absolute Gasteiger partial charge is 0.453 e. The van der Waals surface area contributed by atoms with Gasteiger partial charge in [0, 0.05) is 25.2 Å². The highest BCUT2D eigenvalue weighted by atomic mass is 19.4. The Labute approximate surface area is 339 Å². The molecule has 4 N–H and O–H groups in total. The highest BCUT2D eigenvalue weighted by Gasteiger charge is 2.52. The van der Waals surface area contributed by atoms with Gasteiger partial charge >= 0.3 is 12.3 Å². The van der Waals surface area contributed by atoms with Crippen LogP contribution in [0.5, 0.6) is 0 Å². The van der Waals surface area contributed by atoms with Crippen molar-refractivity contribution in [2.75, 3.05) is 13.7 Å².